The molecular weight excluding hydrogens is 489 g/mol. The molecule has 8 heteroatoms. The summed E-state index contributed by atoms with van der Waals surface area (Å²) >= 11 is 0. The summed E-state index contributed by atoms with van der Waals surface area (Å²) < 4.78 is 42.7. The third-order valence-electron chi connectivity index (χ3n) is 8.16. The van der Waals surface area contributed by atoms with Crippen LogP contribution in [0.5, 0.6) is 5.75 Å². The number of alkyl halides is 3. The maximum Gasteiger partial charge on any atom is 0.573 e. The van der Waals surface area contributed by atoms with E-state index in [9.17, 15) is 13.2 Å². The second-order valence-electron chi connectivity index (χ2n) is 10.7. The molecule has 0 aliphatic carbocycles. The first-order valence-corrected chi connectivity index (χ1v) is 13.3. The Bertz CT molecular complexity index is 1340. The van der Waals surface area contributed by atoms with E-state index < -0.39 is 6.36 Å². The quantitative estimate of drug-likeness (QED) is 0.417. The first-order chi connectivity index (χ1) is 17.9. The lowest BCUT2D eigenvalue weighted by Crippen LogP contribution is -2.51. The van der Waals surface area contributed by atoms with Gasteiger partial charge in [-0.25, -0.2) is 5.01 Å². The average Bonchev–Trinajstić information content (AvgIpc) is 3.09. The summed E-state index contributed by atoms with van der Waals surface area (Å²) in [6.45, 7) is 14.1. The molecule has 2 aromatic carbocycles. The van der Waals surface area contributed by atoms with Crippen molar-refractivity contribution in [3.05, 3.63) is 75.6 Å². The number of fused-ring (bicyclic) bond motifs is 2. The third-order valence-corrected chi connectivity index (χ3v) is 8.16. The lowest BCUT2D eigenvalue weighted by molar-refractivity contribution is -0.274. The lowest BCUT2D eigenvalue weighted by Gasteiger charge is -2.45. The molecule has 0 saturated carbocycles. The molecule has 0 radical (unpaired) electrons. The highest BCUT2D eigenvalue weighted by Gasteiger charge is 2.54. The van der Waals surface area contributed by atoms with Gasteiger partial charge in [-0.2, -0.15) is 5.10 Å². The van der Waals surface area contributed by atoms with Gasteiger partial charge in [-0.05, 0) is 88.3 Å². The van der Waals surface area contributed by atoms with Crippen LogP contribution < -0.4 is 4.74 Å². The number of aliphatic imine (C=N–C) groups is 1. The molecule has 0 N–H and O–H groups in total. The van der Waals surface area contributed by atoms with E-state index in [2.05, 4.69) is 68.3 Å². The van der Waals surface area contributed by atoms with E-state index >= 15 is 0 Å². The molecule has 0 amide bonds. The SMILES string of the molecule is CCC1(c2c(C)cc(C)cc2C)C(C)=NN2C3=C(CCCN3Cc3cccc(OC(F)(F)F)c3)C(C)=NC21. The van der Waals surface area contributed by atoms with E-state index in [-0.39, 0.29) is 17.3 Å². The van der Waals surface area contributed by atoms with Crippen molar-refractivity contribution < 1.29 is 17.9 Å². The van der Waals surface area contributed by atoms with Gasteiger partial charge in [0.05, 0.1) is 11.1 Å². The van der Waals surface area contributed by atoms with Gasteiger partial charge < -0.3 is 9.64 Å². The van der Waals surface area contributed by atoms with Gasteiger partial charge in [0.1, 0.15) is 11.6 Å². The summed E-state index contributed by atoms with van der Waals surface area (Å²) in [5, 5.41) is 7.25. The summed E-state index contributed by atoms with van der Waals surface area (Å²) in [6.07, 6.45) is -2.24. The zero-order chi connectivity index (χ0) is 27.4. The van der Waals surface area contributed by atoms with Crippen molar-refractivity contribution in [1.82, 2.24) is 9.91 Å². The molecule has 0 aromatic heterocycles. The Morgan fingerprint density at radius 1 is 1.05 bits per heavy atom. The fourth-order valence-corrected chi connectivity index (χ4v) is 6.80. The van der Waals surface area contributed by atoms with Crippen LogP contribution in [0, 0.1) is 20.8 Å². The number of aryl methyl sites for hydroxylation is 3. The number of rotatable bonds is 5. The molecule has 5 rings (SSSR count). The predicted molar refractivity (Wildman–Crippen MR) is 144 cm³/mol. The van der Waals surface area contributed by atoms with Gasteiger partial charge in [-0.3, -0.25) is 4.99 Å². The van der Waals surface area contributed by atoms with E-state index in [0.717, 1.165) is 54.2 Å². The maximum atomic E-state index is 12.8. The highest BCUT2D eigenvalue weighted by molar-refractivity contribution is 6.02. The number of allylic oxidation sites excluding steroid dienone is 1. The van der Waals surface area contributed by atoms with Crippen LogP contribution >= 0.6 is 0 Å². The third kappa shape index (κ3) is 4.37. The zero-order valence-corrected chi connectivity index (χ0v) is 22.9. The normalized spacial score (nSPS) is 23.2. The Labute approximate surface area is 222 Å². The molecule has 2 atom stereocenters. The first-order valence-electron chi connectivity index (χ1n) is 13.3. The van der Waals surface area contributed by atoms with Gasteiger partial charge in [-0.1, -0.05) is 36.8 Å². The fraction of sp³-hybridized carbons (Fsp3) is 0.467. The summed E-state index contributed by atoms with van der Waals surface area (Å²) in [6, 6.07) is 10.7. The molecule has 38 heavy (non-hydrogen) atoms. The predicted octanol–water partition coefficient (Wildman–Crippen LogP) is 7.16. The molecule has 3 aliphatic heterocycles. The molecule has 3 aliphatic rings. The van der Waals surface area contributed by atoms with Crippen LogP contribution in [0.1, 0.15) is 67.9 Å². The molecule has 0 spiro atoms. The fourth-order valence-electron chi connectivity index (χ4n) is 6.80. The number of hydrogen-bond acceptors (Lipinski definition) is 5. The number of ether oxygens (including phenoxy) is 1. The van der Waals surface area contributed by atoms with Crippen LogP contribution in [-0.2, 0) is 12.0 Å². The molecule has 2 unspecified atom stereocenters. The molecule has 3 heterocycles. The van der Waals surface area contributed by atoms with Crippen molar-refractivity contribution in [1.29, 1.82) is 0 Å². The Kier molecular flexibility index (Phi) is 6.56. The Morgan fingerprint density at radius 3 is 2.42 bits per heavy atom. The van der Waals surface area contributed by atoms with Gasteiger partial charge in [0, 0.05) is 24.4 Å². The highest BCUT2D eigenvalue weighted by atomic mass is 19.4. The molecule has 5 nitrogen and oxygen atoms in total. The van der Waals surface area contributed by atoms with Crippen LogP contribution in [0.2, 0.25) is 0 Å². The van der Waals surface area contributed by atoms with Crippen LogP contribution in [0.4, 0.5) is 13.2 Å². The summed E-state index contributed by atoms with van der Waals surface area (Å²) in [5.41, 5.74) is 8.63. The average molecular weight is 525 g/mol. The number of halogens is 3. The largest absolute Gasteiger partial charge is 0.573 e. The summed E-state index contributed by atoms with van der Waals surface area (Å²) in [5.74, 6) is 0.818. The Morgan fingerprint density at radius 2 is 1.76 bits per heavy atom. The van der Waals surface area contributed by atoms with E-state index in [1.807, 2.05) is 6.07 Å². The van der Waals surface area contributed by atoms with Gasteiger partial charge >= 0.3 is 6.36 Å². The van der Waals surface area contributed by atoms with E-state index in [1.165, 1.54) is 34.4 Å². The summed E-state index contributed by atoms with van der Waals surface area (Å²) in [4.78, 5) is 7.52. The van der Waals surface area contributed by atoms with E-state index in [0.29, 0.717) is 6.54 Å². The zero-order valence-electron chi connectivity index (χ0n) is 22.9. The first kappa shape index (κ1) is 26.3. The van der Waals surface area contributed by atoms with Crippen molar-refractivity contribution in [2.45, 2.75) is 85.3 Å². The smallest absolute Gasteiger partial charge is 0.406 e. The molecule has 0 fully saturated rings. The van der Waals surface area contributed by atoms with Crippen molar-refractivity contribution in [2.24, 2.45) is 10.1 Å². The number of benzene rings is 2. The van der Waals surface area contributed by atoms with Crippen LogP contribution in [0.25, 0.3) is 0 Å². The van der Waals surface area contributed by atoms with Crippen LogP contribution in [0.15, 0.2) is 57.9 Å². The van der Waals surface area contributed by atoms with E-state index in [4.69, 9.17) is 10.1 Å². The van der Waals surface area contributed by atoms with Crippen molar-refractivity contribution in [3.63, 3.8) is 0 Å². The molecule has 202 valence electrons. The minimum Gasteiger partial charge on any atom is -0.406 e. The Balaban J connectivity index is 1.55. The van der Waals surface area contributed by atoms with Crippen molar-refractivity contribution in [2.75, 3.05) is 6.54 Å². The lowest BCUT2D eigenvalue weighted by atomic mass is 9.69. The van der Waals surface area contributed by atoms with Gasteiger partial charge in [0.15, 0.2) is 6.17 Å². The molecular formula is C30H35F3N4O. The molecule has 2 aromatic rings. The molecule has 0 saturated heterocycles. The molecule has 0 bridgehead atoms. The van der Waals surface area contributed by atoms with Crippen molar-refractivity contribution >= 4 is 11.4 Å². The topological polar surface area (TPSA) is 40.4 Å². The van der Waals surface area contributed by atoms with Gasteiger partial charge in [0.2, 0.25) is 0 Å². The minimum absolute atomic E-state index is 0.203. The van der Waals surface area contributed by atoms with Gasteiger partial charge in [-0.15, -0.1) is 13.2 Å². The highest BCUT2D eigenvalue weighted by Crippen LogP contribution is 2.49. The number of hydrazone groups is 1. The number of hydrogen-bond donors (Lipinski definition) is 0. The van der Waals surface area contributed by atoms with Gasteiger partial charge in [0.25, 0.3) is 0 Å². The van der Waals surface area contributed by atoms with Crippen molar-refractivity contribution in [3.8, 4) is 5.75 Å². The second-order valence-corrected chi connectivity index (χ2v) is 10.7. The van der Waals surface area contributed by atoms with E-state index in [1.54, 1.807) is 6.07 Å². The Hall–Kier alpha value is -3.29. The maximum absolute atomic E-state index is 12.8. The summed E-state index contributed by atoms with van der Waals surface area (Å²) in [7, 11) is 0. The monoisotopic (exact) mass is 524 g/mol. The standard InChI is InChI=1S/C30H35F3N4O/c1-7-29(26-19(3)14-18(2)15-20(26)4)22(6)35-37-27-25(21(5)34-28(29)37)12-9-13-36(27)17-23-10-8-11-24(16-23)38-30(31,32)33/h8,10-11,14-16,28H,7,9,12-13,17H2,1-6H3. The minimum atomic E-state index is -4.72. The van der Waals surface area contributed by atoms with Crippen LogP contribution in [-0.4, -0.2) is 40.4 Å². The second kappa shape index (κ2) is 9.47. The van der Waals surface area contributed by atoms with Crippen LogP contribution in [0.3, 0.4) is 0 Å². The number of nitrogens with zero attached hydrogens (tertiary/aromatic N) is 4.